The van der Waals surface area contributed by atoms with E-state index in [0.717, 1.165) is 12.1 Å². The summed E-state index contributed by atoms with van der Waals surface area (Å²) in [5, 5.41) is 10.4. The van der Waals surface area contributed by atoms with E-state index in [9.17, 15) is 84.7 Å². The number of hydrogen-bond donors (Lipinski definition) is 1. The van der Waals surface area contributed by atoms with Crippen molar-refractivity contribution < 1.29 is 112 Å². The van der Waals surface area contributed by atoms with Crippen molar-refractivity contribution in [3.8, 4) is 0 Å². The molecule has 9 nitrogen and oxygen atoms in total. The molecular weight excluding hydrogens is 935 g/mol. The average Bonchev–Trinajstić information content (AvgIpc) is 3.48. The smallest absolute Gasteiger partial charge is 0.475 e. The van der Waals surface area contributed by atoms with Gasteiger partial charge in [0.15, 0.2) is 11.9 Å². The predicted octanol–water partition coefficient (Wildman–Crippen LogP) is 11.1. The fraction of sp³-hybridized carbons (Fsp3) is 0.289. The second-order valence-electron chi connectivity index (χ2n) is 13.0. The third-order valence-electron chi connectivity index (χ3n) is 8.73. The summed E-state index contributed by atoms with van der Waals surface area (Å²) in [5.74, 6) is -11.9. The molecule has 1 aliphatic rings. The Hall–Kier alpha value is -5.36. The molecule has 2 unspecified atom stereocenters. The second-order valence-corrected chi connectivity index (χ2v) is 14.6. The molecule has 26 heteroatoms. The molecule has 1 heterocycles. The van der Waals surface area contributed by atoms with Gasteiger partial charge in [-0.2, -0.15) is 52.7 Å². The maximum Gasteiger partial charge on any atom is 0.475 e. The van der Waals surface area contributed by atoms with Crippen molar-refractivity contribution in [3.05, 3.63) is 152 Å². The van der Waals surface area contributed by atoms with Gasteiger partial charge in [-0.05, 0) is 35.4 Å². The number of benzene rings is 4. The highest BCUT2D eigenvalue weighted by molar-refractivity contribution is 7.48. The van der Waals surface area contributed by atoms with Gasteiger partial charge < -0.3 is 19.3 Å². The summed E-state index contributed by atoms with van der Waals surface area (Å²) in [6, 6.07) is 6.95. The van der Waals surface area contributed by atoms with E-state index >= 15 is 0 Å². The zero-order chi connectivity index (χ0) is 47.6. The summed E-state index contributed by atoms with van der Waals surface area (Å²) >= 11 is 0. The van der Waals surface area contributed by atoms with Gasteiger partial charge in [0.2, 0.25) is 5.76 Å². The Morgan fingerprint density at radius 3 is 1.20 bits per heavy atom. The van der Waals surface area contributed by atoms with Crippen molar-refractivity contribution in [2.24, 2.45) is 0 Å². The van der Waals surface area contributed by atoms with Gasteiger partial charge >= 0.3 is 38.5 Å². The van der Waals surface area contributed by atoms with Gasteiger partial charge in [0.05, 0.1) is 42.1 Å². The van der Waals surface area contributed by atoms with Gasteiger partial charge in [0.1, 0.15) is 42.6 Å². The fourth-order valence-electron chi connectivity index (χ4n) is 6.05. The summed E-state index contributed by atoms with van der Waals surface area (Å²) < 4.78 is 268. The van der Waals surface area contributed by atoms with Crippen molar-refractivity contribution in [1.82, 2.24) is 0 Å². The number of carbonyl (C=O) groups is 1. The molecule has 4 aromatic rings. The Morgan fingerprint density at radius 2 is 0.875 bits per heavy atom. The normalized spacial score (nSPS) is 15.7. The summed E-state index contributed by atoms with van der Waals surface area (Å²) in [6.45, 7) is -7.75. The number of rotatable bonds is 16. The first kappa shape index (κ1) is 49.7. The van der Waals surface area contributed by atoms with Crippen LogP contribution in [0.15, 0.2) is 84.3 Å². The van der Waals surface area contributed by atoms with E-state index in [2.05, 4.69) is 0 Å². The maximum atomic E-state index is 14.4. The maximum absolute atomic E-state index is 14.4. The molecular formula is C38H25F16O9P. The minimum atomic E-state index is -5.94. The van der Waals surface area contributed by atoms with Crippen molar-refractivity contribution in [2.45, 2.75) is 63.3 Å². The number of esters is 1. The van der Waals surface area contributed by atoms with E-state index in [0.29, 0.717) is 60.7 Å². The molecule has 0 spiro atoms. The Bertz CT molecular complexity index is 2360. The molecule has 0 fully saturated rings. The van der Waals surface area contributed by atoms with E-state index in [1.807, 2.05) is 0 Å². The Morgan fingerprint density at radius 1 is 0.547 bits per heavy atom. The van der Waals surface area contributed by atoms with Gasteiger partial charge in [-0.15, -0.1) is 0 Å². The first-order valence-electron chi connectivity index (χ1n) is 17.4. The number of phosphoric acid groups is 1. The Labute approximate surface area is 348 Å². The predicted molar refractivity (Wildman–Crippen MR) is 181 cm³/mol. The summed E-state index contributed by atoms with van der Waals surface area (Å²) in [6.07, 6.45) is -26.9. The number of cyclic esters (lactones) is 1. The van der Waals surface area contributed by atoms with Crippen molar-refractivity contribution >= 4 is 13.8 Å². The lowest BCUT2D eigenvalue weighted by molar-refractivity contribution is -0.149. The number of phosphoric ester groups is 1. The van der Waals surface area contributed by atoms with Gasteiger partial charge in [0.25, 0.3) is 0 Å². The van der Waals surface area contributed by atoms with E-state index in [1.165, 1.54) is 0 Å². The monoisotopic (exact) mass is 960 g/mol. The highest BCUT2D eigenvalue weighted by atomic mass is 31.2. The Balaban J connectivity index is 1.58. The van der Waals surface area contributed by atoms with E-state index in [-0.39, 0.29) is 0 Å². The number of aliphatic hydroxyl groups excluding tert-OH is 1. The van der Waals surface area contributed by atoms with Crippen LogP contribution >= 0.6 is 7.82 Å². The minimum absolute atomic E-state index is 0.352. The largest absolute Gasteiger partial charge is 0.485 e. The third-order valence-corrected chi connectivity index (χ3v) is 10.1. The topological polar surface area (TPSA) is 110 Å². The highest BCUT2D eigenvalue weighted by Crippen LogP contribution is 2.54. The van der Waals surface area contributed by atoms with Crippen LogP contribution in [-0.4, -0.2) is 29.9 Å². The van der Waals surface area contributed by atoms with Crippen molar-refractivity contribution in [2.75, 3.05) is 6.61 Å². The van der Waals surface area contributed by atoms with Crippen LogP contribution in [0.3, 0.4) is 0 Å². The lowest BCUT2D eigenvalue weighted by Crippen LogP contribution is -2.35. The SMILES string of the molecule is O=C1OC(C(CO)OP(=O)(OCc2cccc(F)c2C(F)(F)F)OCc2cccc(F)c2C(F)(F)F)C(OCc2cccc(F)c2C(F)(F)F)=C1OCc1cccc(F)c1C(F)(F)F. The molecule has 0 saturated carbocycles. The van der Waals surface area contributed by atoms with Crippen LogP contribution in [-0.2, 0) is 88.3 Å². The van der Waals surface area contributed by atoms with E-state index in [1.54, 1.807) is 0 Å². The molecule has 0 aromatic heterocycles. The Kier molecular flexibility index (Phi) is 14.7. The minimum Gasteiger partial charge on any atom is -0.485 e. The van der Waals surface area contributed by atoms with Crippen LogP contribution in [0.4, 0.5) is 70.2 Å². The first-order valence-corrected chi connectivity index (χ1v) is 18.9. The van der Waals surface area contributed by atoms with Crippen molar-refractivity contribution in [1.29, 1.82) is 0 Å². The molecule has 2 atom stereocenters. The molecule has 64 heavy (non-hydrogen) atoms. The van der Waals surface area contributed by atoms with Crippen molar-refractivity contribution in [3.63, 3.8) is 0 Å². The highest BCUT2D eigenvalue weighted by Gasteiger charge is 2.48. The molecule has 5 rings (SSSR count). The molecule has 348 valence electrons. The van der Waals surface area contributed by atoms with Crippen LogP contribution < -0.4 is 0 Å². The lowest BCUT2D eigenvalue weighted by atomic mass is 10.1. The number of halogens is 16. The van der Waals surface area contributed by atoms with Gasteiger partial charge in [-0.25, -0.2) is 26.9 Å². The number of aliphatic hydroxyl groups is 1. The van der Waals surface area contributed by atoms with E-state index < -0.39 is 163 Å². The number of ether oxygens (including phenoxy) is 3. The van der Waals surface area contributed by atoms with Crippen LogP contribution in [0.5, 0.6) is 0 Å². The van der Waals surface area contributed by atoms with Gasteiger partial charge in [-0.3, -0.25) is 13.6 Å². The molecule has 0 radical (unpaired) electrons. The molecule has 0 bridgehead atoms. The third kappa shape index (κ3) is 11.5. The van der Waals surface area contributed by atoms with Crippen LogP contribution in [0.25, 0.3) is 0 Å². The molecule has 0 amide bonds. The summed E-state index contributed by atoms with van der Waals surface area (Å²) in [4.78, 5) is 13.2. The second kappa shape index (κ2) is 19.0. The number of alkyl halides is 12. The molecule has 1 N–H and O–H groups in total. The lowest BCUT2D eigenvalue weighted by Gasteiger charge is -2.27. The average molecular weight is 961 g/mol. The molecule has 4 aromatic carbocycles. The van der Waals surface area contributed by atoms with Crippen LogP contribution in [0.1, 0.15) is 44.5 Å². The molecule has 0 saturated heterocycles. The fourth-order valence-corrected chi connectivity index (χ4v) is 7.35. The quantitative estimate of drug-likeness (QED) is 0.0667. The number of hydrogen-bond acceptors (Lipinski definition) is 9. The van der Waals surface area contributed by atoms with Crippen LogP contribution in [0.2, 0.25) is 0 Å². The first-order chi connectivity index (χ1) is 29.7. The van der Waals surface area contributed by atoms with E-state index in [4.69, 9.17) is 27.8 Å². The van der Waals surface area contributed by atoms with Crippen LogP contribution in [0, 0.1) is 23.3 Å². The summed E-state index contributed by atoms with van der Waals surface area (Å²) in [7, 11) is -5.94. The van der Waals surface area contributed by atoms with Gasteiger partial charge in [0, 0.05) is 11.1 Å². The zero-order valence-corrected chi connectivity index (χ0v) is 32.2. The molecule has 1 aliphatic heterocycles. The zero-order valence-electron chi connectivity index (χ0n) is 31.3. The standard InChI is InChI=1S/C38H25F16O9P/c39-22-9-1-5-18(27(22)35(43,44)45)14-58-32-31(62-34(56)33(32)59-15-19-6-2-10-23(40)28(19)36(46,47)48)26(13-55)63-64(57,60-16-20-7-3-11-24(41)29(20)37(49,50)51)61-17-21-8-4-12-25(42)30(21)38(52,53)54/h1-12,26,31,55H,13-17H2. The number of carbonyl (C=O) groups excluding carboxylic acids is 1. The summed E-state index contributed by atoms with van der Waals surface area (Å²) in [5.41, 5.74) is -12.2. The molecule has 0 aliphatic carbocycles. The van der Waals surface area contributed by atoms with Gasteiger partial charge in [-0.1, -0.05) is 48.5 Å².